The molecule has 1 saturated heterocycles. The van der Waals surface area contributed by atoms with Crippen LogP contribution in [0, 0.1) is 0 Å². The number of methoxy groups -OCH3 is 1. The number of rotatable bonds is 6. The first-order valence-electron chi connectivity index (χ1n) is 7.27. The van der Waals surface area contributed by atoms with E-state index < -0.39 is 0 Å². The van der Waals surface area contributed by atoms with Crippen LogP contribution in [-0.4, -0.2) is 42.7 Å². The van der Waals surface area contributed by atoms with E-state index in [-0.39, 0.29) is 0 Å². The van der Waals surface area contributed by atoms with Crippen molar-refractivity contribution in [3.8, 4) is 5.88 Å². The van der Waals surface area contributed by atoms with Crippen molar-refractivity contribution in [3.63, 3.8) is 0 Å². The Morgan fingerprint density at radius 1 is 1.42 bits per heavy atom. The van der Waals surface area contributed by atoms with Crippen molar-refractivity contribution >= 4 is 0 Å². The molecule has 4 nitrogen and oxygen atoms in total. The van der Waals surface area contributed by atoms with Gasteiger partial charge in [0.1, 0.15) is 0 Å². The lowest BCUT2D eigenvalue weighted by atomic mass is 10.0. The molecule has 106 valence electrons. The zero-order valence-corrected chi connectivity index (χ0v) is 12.1. The molecule has 19 heavy (non-hydrogen) atoms. The molecule has 2 rings (SSSR count). The third-order valence-electron chi connectivity index (χ3n) is 3.75. The molecule has 1 aromatic rings. The Balaban J connectivity index is 2.06. The van der Waals surface area contributed by atoms with Gasteiger partial charge in [0.15, 0.2) is 0 Å². The molecule has 0 aromatic carbocycles. The normalized spacial score (nSPS) is 16.8. The van der Waals surface area contributed by atoms with Gasteiger partial charge in [0.05, 0.1) is 7.11 Å². The molecule has 0 saturated carbocycles. The van der Waals surface area contributed by atoms with Crippen LogP contribution in [0.1, 0.15) is 31.7 Å². The SMILES string of the molecule is CCCN(Cc1cccnc1OC)C1CCNCC1. The summed E-state index contributed by atoms with van der Waals surface area (Å²) >= 11 is 0. The Labute approximate surface area is 116 Å². The maximum atomic E-state index is 5.36. The van der Waals surface area contributed by atoms with E-state index in [1.54, 1.807) is 13.3 Å². The van der Waals surface area contributed by atoms with E-state index in [1.165, 1.54) is 24.8 Å². The number of aromatic nitrogens is 1. The molecule has 0 aliphatic carbocycles. The van der Waals surface area contributed by atoms with Crippen LogP contribution in [0.5, 0.6) is 5.88 Å². The number of piperidine rings is 1. The van der Waals surface area contributed by atoms with Crippen LogP contribution in [0.3, 0.4) is 0 Å². The zero-order chi connectivity index (χ0) is 13.5. The standard InChI is InChI=1S/C15H25N3O/c1-3-11-18(14-6-9-16-10-7-14)12-13-5-4-8-17-15(13)19-2/h4-5,8,14,16H,3,6-7,9-12H2,1-2H3. The van der Waals surface area contributed by atoms with Crippen molar-refractivity contribution in [3.05, 3.63) is 23.9 Å². The summed E-state index contributed by atoms with van der Waals surface area (Å²) in [5, 5.41) is 3.43. The molecule has 1 aliphatic heterocycles. The molecule has 1 fully saturated rings. The Kier molecular flexibility index (Phi) is 5.61. The fraction of sp³-hybridized carbons (Fsp3) is 0.667. The number of ether oxygens (including phenoxy) is 1. The van der Waals surface area contributed by atoms with Gasteiger partial charge in [-0.2, -0.15) is 0 Å². The molecule has 0 atom stereocenters. The number of nitrogens with one attached hydrogen (secondary N) is 1. The largest absolute Gasteiger partial charge is 0.481 e. The third-order valence-corrected chi connectivity index (χ3v) is 3.75. The van der Waals surface area contributed by atoms with Gasteiger partial charge in [0.25, 0.3) is 0 Å². The van der Waals surface area contributed by atoms with E-state index in [9.17, 15) is 0 Å². The second-order valence-corrected chi connectivity index (χ2v) is 5.12. The predicted octanol–water partition coefficient (Wildman–Crippen LogP) is 2.05. The second kappa shape index (κ2) is 7.46. The molecule has 0 radical (unpaired) electrons. The quantitative estimate of drug-likeness (QED) is 0.852. The number of hydrogen-bond acceptors (Lipinski definition) is 4. The Morgan fingerprint density at radius 3 is 2.89 bits per heavy atom. The van der Waals surface area contributed by atoms with E-state index in [1.807, 2.05) is 6.07 Å². The molecule has 1 N–H and O–H groups in total. The van der Waals surface area contributed by atoms with Crippen LogP contribution < -0.4 is 10.1 Å². The van der Waals surface area contributed by atoms with Crippen molar-refractivity contribution in [2.45, 2.75) is 38.8 Å². The first-order chi connectivity index (χ1) is 9.35. The van der Waals surface area contributed by atoms with Crippen molar-refractivity contribution < 1.29 is 4.74 Å². The maximum absolute atomic E-state index is 5.36. The summed E-state index contributed by atoms with van der Waals surface area (Å²) in [6.07, 6.45) is 5.45. The summed E-state index contributed by atoms with van der Waals surface area (Å²) in [4.78, 5) is 6.88. The maximum Gasteiger partial charge on any atom is 0.217 e. The van der Waals surface area contributed by atoms with E-state index >= 15 is 0 Å². The van der Waals surface area contributed by atoms with E-state index in [0.717, 1.165) is 32.1 Å². The summed E-state index contributed by atoms with van der Waals surface area (Å²) in [7, 11) is 1.69. The highest BCUT2D eigenvalue weighted by molar-refractivity contribution is 5.25. The third kappa shape index (κ3) is 3.91. The highest BCUT2D eigenvalue weighted by Gasteiger charge is 2.21. The average Bonchev–Trinajstić information content (AvgIpc) is 2.48. The molecule has 4 heteroatoms. The molecule has 1 aromatic heterocycles. The molecule has 0 bridgehead atoms. The van der Waals surface area contributed by atoms with E-state index in [4.69, 9.17) is 4.74 Å². The molecule has 1 aliphatic rings. The summed E-state index contributed by atoms with van der Waals surface area (Å²) in [5.74, 6) is 0.762. The number of pyridine rings is 1. The fourth-order valence-electron chi connectivity index (χ4n) is 2.80. The van der Waals surface area contributed by atoms with Crippen LogP contribution in [0.15, 0.2) is 18.3 Å². The predicted molar refractivity (Wildman–Crippen MR) is 77.4 cm³/mol. The lowest BCUT2D eigenvalue weighted by molar-refractivity contribution is 0.152. The van der Waals surface area contributed by atoms with E-state index in [0.29, 0.717) is 6.04 Å². The van der Waals surface area contributed by atoms with Gasteiger partial charge in [-0.3, -0.25) is 4.90 Å². The van der Waals surface area contributed by atoms with Crippen LogP contribution in [0.25, 0.3) is 0 Å². The molecular formula is C15H25N3O. The lowest BCUT2D eigenvalue weighted by Gasteiger charge is -2.34. The molecular weight excluding hydrogens is 238 g/mol. The Morgan fingerprint density at radius 2 is 2.21 bits per heavy atom. The highest BCUT2D eigenvalue weighted by atomic mass is 16.5. The summed E-state index contributed by atoms with van der Waals surface area (Å²) < 4.78 is 5.36. The van der Waals surface area contributed by atoms with Gasteiger partial charge in [0, 0.05) is 24.3 Å². The van der Waals surface area contributed by atoms with Gasteiger partial charge in [-0.1, -0.05) is 13.0 Å². The van der Waals surface area contributed by atoms with Gasteiger partial charge < -0.3 is 10.1 Å². The van der Waals surface area contributed by atoms with Gasteiger partial charge in [-0.15, -0.1) is 0 Å². The van der Waals surface area contributed by atoms with Gasteiger partial charge in [0.2, 0.25) is 5.88 Å². The van der Waals surface area contributed by atoms with E-state index in [2.05, 4.69) is 28.2 Å². The molecule has 0 spiro atoms. The van der Waals surface area contributed by atoms with Crippen molar-refractivity contribution in [2.24, 2.45) is 0 Å². The van der Waals surface area contributed by atoms with Crippen molar-refractivity contribution in [2.75, 3.05) is 26.7 Å². The number of hydrogen-bond donors (Lipinski definition) is 1. The van der Waals surface area contributed by atoms with Crippen molar-refractivity contribution in [1.29, 1.82) is 0 Å². The minimum Gasteiger partial charge on any atom is -0.481 e. The van der Waals surface area contributed by atoms with Crippen LogP contribution in [-0.2, 0) is 6.54 Å². The zero-order valence-electron chi connectivity index (χ0n) is 12.1. The summed E-state index contributed by atoms with van der Waals surface area (Å²) in [5.41, 5.74) is 1.19. The monoisotopic (exact) mass is 263 g/mol. The molecule has 0 amide bonds. The first-order valence-corrected chi connectivity index (χ1v) is 7.27. The van der Waals surface area contributed by atoms with Crippen LogP contribution in [0.2, 0.25) is 0 Å². The minimum absolute atomic E-state index is 0.686. The van der Waals surface area contributed by atoms with Gasteiger partial charge in [-0.25, -0.2) is 4.98 Å². The second-order valence-electron chi connectivity index (χ2n) is 5.12. The highest BCUT2D eigenvalue weighted by Crippen LogP contribution is 2.20. The number of nitrogens with zero attached hydrogens (tertiary/aromatic N) is 2. The topological polar surface area (TPSA) is 37.4 Å². The lowest BCUT2D eigenvalue weighted by Crippen LogP contribution is -2.43. The first kappa shape index (κ1) is 14.3. The molecule has 0 unspecified atom stereocenters. The Bertz CT molecular complexity index is 377. The van der Waals surface area contributed by atoms with Gasteiger partial charge in [-0.05, 0) is 45.0 Å². The van der Waals surface area contributed by atoms with Crippen LogP contribution >= 0.6 is 0 Å². The average molecular weight is 263 g/mol. The summed E-state index contributed by atoms with van der Waals surface area (Å²) in [6, 6.07) is 4.80. The van der Waals surface area contributed by atoms with Gasteiger partial charge >= 0.3 is 0 Å². The fourth-order valence-corrected chi connectivity index (χ4v) is 2.80. The molecule has 2 heterocycles. The van der Waals surface area contributed by atoms with Crippen LogP contribution in [0.4, 0.5) is 0 Å². The van der Waals surface area contributed by atoms with Crippen molar-refractivity contribution in [1.82, 2.24) is 15.2 Å². The minimum atomic E-state index is 0.686. The summed E-state index contributed by atoms with van der Waals surface area (Å²) in [6.45, 7) is 6.59. The Hall–Kier alpha value is -1.13. The smallest absolute Gasteiger partial charge is 0.217 e.